The van der Waals surface area contributed by atoms with Crippen molar-refractivity contribution in [2.45, 2.75) is 38.0 Å². The molecule has 3 saturated heterocycles. The molecule has 0 aromatic heterocycles. The molecular weight excluding hydrogens is 462 g/mol. The van der Waals surface area contributed by atoms with Crippen molar-refractivity contribution in [1.82, 2.24) is 4.90 Å². The van der Waals surface area contributed by atoms with Crippen LogP contribution in [0.25, 0.3) is 5.57 Å². The van der Waals surface area contributed by atoms with Gasteiger partial charge >= 0.3 is 0 Å². The van der Waals surface area contributed by atoms with Crippen LogP contribution in [0.4, 0.5) is 11.4 Å². The zero-order valence-electron chi connectivity index (χ0n) is 19.7. The van der Waals surface area contributed by atoms with Gasteiger partial charge in [0.25, 0.3) is 5.69 Å². The van der Waals surface area contributed by atoms with Gasteiger partial charge in [-0.2, -0.15) is 0 Å². The fraction of sp³-hybridized carbons (Fsp3) is 0.370. The molecule has 4 heterocycles. The van der Waals surface area contributed by atoms with Gasteiger partial charge in [-0.25, -0.2) is 0 Å². The van der Waals surface area contributed by atoms with Crippen LogP contribution in [0, 0.1) is 22.0 Å². The number of anilines is 1. The maximum atomic E-state index is 14.0. The number of para-hydroxylation sites is 1. The number of nitro groups is 1. The molecule has 0 N–H and O–H groups in total. The fourth-order valence-corrected chi connectivity index (χ4v) is 6.25. The van der Waals surface area contributed by atoms with Gasteiger partial charge in [-0.3, -0.25) is 29.4 Å². The number of fused-ring (bicyclic) bond motifs is 5. The summed E-state index contributed by atoms with van der Waals surface area (Å²) < 4.78 is 5.69. The Kier molecular flexibility index (Phi) is 5.26. The summed E-state index contributed by atoms with van der Waals surface area (Å²) in [6.45, 7) is 2.79. The Morgan fingerprint density at radius 2 is 1.81 bits per heavy atom. The number of rotatable bonds is 5. The van der Waals surface area contributed by atoms with Gasteiger partial charge in [-0.15, -0.1) is 0 Å². The molecule has 6 rings (SSSR count). The topological polar surface area (TPSA) is 110 Å². The lowest BCUT2D eigenvalue weighted by Crippen LogP contribution is -2.49. The molecule has 2 aromatic carbocycles. The van der Waals surface area contributed by atoms with Crippen molar-refractivity contribution in [2.24, 2.45) is 11.8 Å². The lowest BCUT2D eigenvalue weighted by atomic mass is 9.85. The van der Waals surface area contributed by atoms with E-state index < -0.39 is 28.8 Å². The number of allylic oxidation sites excluding steroid dienone is 1. The molecule has 5 unspecified atom stereocenters. The normalized spacial score (nSPS) is 28.6. The summed E-state index contributed by atoms with van der Waals surface area (Å²) in [6, 6.07) is 11.7. The number of hydrogen-bond donors (Lipinski definition) is 0. The van der Waals surface area contributed by atoms with E-state index in [1.54, 1.807) is 0 Å². The van der Waals surface area contributed by atoms with E-state index >= 15 is 0 Å². The predicted molar refractivity (Wildman–Crippen MR) is 130 cm³/mol. The first kappa shape index (κ1) is 22.6. The summed E-state index contributed by atoms with van der Waals surface area (Å²) in [4.78, 5) is 55.2. The van der Waals surface area contributed by atoms with Crippen molar-refractivity contribution in [3.63, 3.8) is 0 Å². The minimum Gasteiger partial charge on any atom is -0.376 e. The minimum atomic E-state index is -0.905. The number of ketones is 1. The summed E-state index contributed by atoms with van der Waals surface area (Å²) in [5, 5.41) is 11.1. The second-order valence-electron chi connectivity index (χ2n) is 9.85. The number of Topliss-reactive ketones (excluding diaryl/α,β-unsaturated/α-hetero) is 1. The fourth-order valence-electron chi connectivity index (χ4n) is 6.25. The van der Waals surface area contributed by atoms with Gasteiger partial charge < -0.3 is 9.64 Å². The molecule has 4 aliphatic rings. The van der Waals surface area contributed by atoms with E-state index in [0.717, 1.165) is 29.7 Å². The molecule has 0 spiro atoms. The van der Waals surface area contributed by atoms with Crippen LogP contribution in [0.15, 0.2) is 54.6 Å². The maximum absolute atomic E-state index is 14.0. The van der Waals surface area contributed by atoms with Gasteiger partial charge in [0.2, 0.25) is 11.8 Å². The van der Waals surface area contributed by atoms with Crippen LogP contribution in [0.1, 0.15) is 35.7 Å². The number of imide groups is 1. The SMILES string of the molecule is CC1=CC2C3C(=O)N(CC4CCCO4)C(=O)C3C(C(=O)c3ccc([N+](=O)[O-])cc3)N2c2ccccc21. The van der Waals surface area contributed by atoms with Gasteiger partial charge in [0.15, 0.2) is 5.78 Å². The van der Waals surface area contributed by atoms with Crippen LogP contribution in [0.5, 0.6) is 0 Å². The third-order valence-corrected chi connectivity index (χ3v) is 7.89. The number of non-ortho nitro benzene ring substituents is 1. The van der Waals surface area contributed by atoms with Crippen LogP contribution in [0.2, 0.25) is 0 Å². The van der Waals surface area contributed by atoms with Crippen LogP contribution in [-0.2, 0) is 14.3 Å². The number of carbonyl (C=O) groups is 3. The Hall–Kier alpha value is -3.85. The highest BCUT2D eigenvalue weighted by molar-refractivity contribution is 6.14. The zero-order valence-corrected chi connectivity index (χ0v) is 19.7. The molecular formula is C27H25N3O6. The molecule has 36 heavy (non-hydrogen) atoms. The van der Waals surface area contributed by atoms with Crippen LogP contribution in [0.3, 0.4) is 0 Å². The Morgan fingerprint density at radius 1 is 1.08 bits per heavy atom. The standard InChI is InChI=1S/C27H25N3O6/c1-15-13-21-22-23(27(33)28(26(22)32)14-18-5-4-12-36-18)24(29(21)20-7-3-2-6-19(15)20)25(31)16-8-10-17(11-9-16)30(34)35/h2-3,6-11,13,18,21-24H,4-5,12,14H2,1H3. The highest BCUT2D eigenvalue weighted by atomic mass is 16.6. The van der Waals surface area contributed by atoms with Crippen molar-refractivity contribution in [1.29, 1.82) is 0 Å². The lowest BCUT2D eigenvalue weighted by Gasteiger charge is -2.38. The Bertz CT molecular complexity index is 1310. The zero-order chi connectivity index (χ0) is 25.1. The number of benzene rings is 2. The van der Waals surface area contributed by atoms with Crippen molar-refractivity contribution < 1.29 is 24.0 Å². The average Bonchev–Trinajstić information content (AvgIpc) is 3.57. The van der Waals surface area contributed by atoms with E-state index in [1.165, 1.54) is 29.2 Å². The molecule has 3 fully saturated rings. The molecule has 5 atom stereocenters. The first-order valence-corrected chi connectivity index (χ1v) is 12.2. The number of nitro benzene ring substituents is 1. The number of hydrogen-bond acceptors (Lipinski definition) is 7. The quantitative estimate of drug-likeness (QED) is 0.276. The third kappa shape index (κ3) is 3.30. The molecule has 0 bridgehead atoms. The first-order chi connectivity index (χ1) is 17.4. The second-order valence-corrected chi connectivity index (χ2v) is 9.85. The van der Waals surface area contributed by atoms with Gasteiger partial charge in [0.1, 0.15) is 6.04 Å². The van der Waals surface area contributed by atoms with E-state index in [2.05, 4.69) is 0 Å². The lowest BCUT2D eigenvalue weighted by molar-refractivity contribution is -0.384. The van der Waals surface area contributed by atoms with E-state index in [4.69, 9.17) is 4.74 Å². The highest BCUT2D eigenvalue weighted by Crippen LogP contribution is 2.50. The first-order valence-electron chi connectivity index (χ1n) is 12.2. The largest absolute Gasteiger partial charge is 0.376 e. The molecule has 2 aromatic rings. The van der Waals surface area contributed by atoms with Crippen LogP contribution >= 0.6 is 0 Å². The van der Waals surface area contributed by atoms with Gasteiger partial charge in [0.05, 0.1) is 35.4 Å². The summed E-state index contributed by atoms with van der Waals surface area (Å²) in [7, 11) is 0. The van der Waals surface area contributed by atoms with E-state index in [0.29, 0.717) is 6.61 Å². The Labute approximate surface area is 207 Å². The summed E-state index contributed by atoms with van der Waals surface area (Å²) >= 11 is 0. The van der Waals surface area contributed by atoms with Crippen molar-refractivity contribution in [2.75, 3.05) is 18.1 Å². The second kappa shape index (κ2) is 8.37. The number of nitrogens with zero attached hydrogens (tertiary/aromatic N) is 3. The number of amides is 2. The number of likely N-dealkylation sites (tertiary alicyclic amines) is 1. The molecule has 0 aliphatic carbocycles. The van der Waals surface area contributed by atoms with Crippen LogP contribution < -0.4 is 4.90 Å². The Balaban J connectivity index is 1.44. The van der Waals surface area contributed by atoms with Gasteiger partial charge in [-0.05, 0) is 43.5 Å². The summed E-state index contributed by atoms with van der Waals surface area (Å²) in [5.41, 5.74) is 2.90. The molecule has 0 saturated carbocycles. The monoisotopic (exact) mass is 487 g/mol. The average molecular weight is 488 g/mol. The van der Waals surface area contributed by atoms with E-state index in [1.807, 2.05) is 42.2 Å². The van der Waals surface area contributed by atoms with Crippen molar-refractivity contribution in [3.8, 4) is 0 Å². The molecule has 184 valence electrons. The molecule has 4 aliphatic heterocycles. The highest BCUT2D eigenvalue weighted by Gasteiger charge is 2.64. The predicted octanol–water partition coefficient (Wildman–Crippen LogP) is 3.23. The Morgan fingerprint density at radius 3 is 2.50 bits per heavy atom. The van der Waals surface area contributed by atoms with Crippen molar-refractivity contribution in [3.05, 3.63) is 75.8 Å². The van der Waals surface area contributed by atoms with Gasteiger partial charge in [-0.1, -0.05) is 24.3 Å². The molecule has 2 amide bonds. The maximum Gasteiger partial charge on any atom is 0.269 e. The summed E-state index contributed by atoms with van der Waals surface area (Å²) in [5.74, 6) is -2.47. The number of ether oxygens (including phenoxy) is 1. The van der Waals surface area contributed by atoms with Crippen LogP contribution in [-0.4, -0.2) is 58.8 Å². The molecule has 9 heteroatoms. The van der Waals surface area contributed by atoms with E-state index in [-0.39, 0.29) is 41.5 Å². The van der Waals surface area contributed by atoms with E-state index in [9.17, 15) is 24.5 Å². The smallest absolute Gasteiger partial charge is 0.269 e. The van der Waals surface area contributed by atoms with Gasteiger partial charge in [0, 0.05) is 35.6 Å². The molecule has 9 nitrogen and oxygen atoms in total. The minimum absolute atomic E-state index is 0.120. The summed E-state index contributed by atoms with van der Waals surface area (Å²) in [6.07, 6.45) is 3.49. The third-order valence-electron chi connectivity index (χ3n) is 7.89. The van der Waals surface area contributed by atoms with Crippen molar-refractivity contribution >= 4 is 34.5 Å². The number of carbonyl (C=O) groups excluding carboxylic acids is 3. The molecule has 0 radical (unpaired) electrons.